The normalized spacial score (nSPS) is 11.7. The minimum absolute atomic E-state index is 0.237. The van der Waals surface area contributed by atoms with E-state index >= 15 is 0 Å². The molecule has 3 rings (SSSR count). The van der Waals surface area contributed by atoms with Crippen LogP contribution in [0.4, 0.5) is 0 Å². The third-order valence-corrected chi connectivity index (χ3v) is 4.14. The van der Waals surface area contributed by atoms with Crippen molar-refractivity contribution in [3.8, 4) is 22.7 Å². The summed E-state index contributed by atoms with van der Waals surface area (Å²) < 4.78 is 1.85. The summed E-state index contributed by atoms with van der Waals surface area (Å²) >= 11 is 0. The molecule has 3 aromatic rings. The highest BCUT2D eigenvalue weighted by molar-refractivity contribution is 5.71. The van der Waals surface area contributed by atoms with Crippen molar-refractivity contribution >= 4 is 0 Å². The molecule has 0 unspecified atom stereocenters. The molecule has 0 aliphatic rings. The van der Waals surface area contributed by atoms with Crippen molar-refractivity contribution < 1.29 is 5.11 Å². The van der Waals surface area contributed by atoms with E-state index in [0.717, 1.165) is 22.5 Å². The van der Waals surface area contributed by atoms with Gasteiger partial charge in [0, 0.05) is 11.0 Å². The van der Waals surface area contributed by atoms with Crippen LogP contribution in [0.3, 0.4) is 0 Å². The van der Waals surface area contributed by atoms with Crippen LogP contribution in [0.15, 0.2) is 48.5 Å². The molecule has 0 saturated carbocycles. The first kappa shape index (κ1) is 16.3. The third kappa shape index (κ3) is 2.94. The van der Waals surface area contributed by atoms with Crippen molar-refractivity contribution in [3.05, 3.63) is 65.4 Å². The predicted molar refractivity (Wildman–Crippen MR) is 98.8 cm³/mol. The number of aryl methyl sites for hydroxylation is 2. The fraction of sp³-hybridized carbons (Fsp3) is 0.286. The van der Waals surface area contributed by atoms with E-state index in [4.69, 9.17) is 5.10 Å². The highest BCUT2D eigenvalue weighted by atomic mass is 16.3. The minimum atomic E-state index is -0.237. The second-order valence-electron chi connectivity index (χ2n) is 7.41. The molecular formula is C21H24N2O. The molecule has 0 saturated heterocycles. The van der Waals surface area contributed by atoms with E-state index in [-0.39, 0.29) is 11.2 Å². The first-order chi connectivity index (χ1) is 11.3. The van der Waals surface area contributed by atoms with Crippen LogP contribution >= 0.6 is 0 Å². The van der Waals surface area contributed by atoms with Crippen LogP contribution in [0, 0.1) is 13.8 Å². The average molecular weight is 320 g/mol. The van der Waals surface area contributed by atoms with Gasteiger partial charge >= 0.3 is 0 Å². The van der Waals surface area contributed by atoms with Crippen molar-refractivity contribution in [1.82, 2.24) is 9.78 Å². The quantitative estimate of drug-likeness (QED) is 0.708. The van der Waals surface area contributed by atoms with Gasteiger partial charge in [-0.15, -0.1) is 0 Å². The highest BCUT2D eigenvalue weighted by Gasteiger charge is 2.28. The van der Waals surface area contributed by atoms with E-state index in [1.165, 1.54) is 5.56 Å². The number of rotatable bonds is 2. The molecule has 0 radical (unpaired) electrons. The maximum absolute atomic E-state index is 10.9. The Hall–Kier alpha value is -2.55. The zero-order valence-corrected chi connectivity index (χ0v) is 15.0. The Morgan fingerprint density at radius 1 is 0.917 bits per heavy atom. The Morgan fingerprint density at radius 2 is 1.58 bits per heavy atom. The molecule has 124 valence electrons. The second kappa shape index (κ2) is 5.82. The van der Waals surface area contributed by atoms with Crippen molar-refractivity contribution in [2.24, 2.45) is 0 Å². The van der Waals surface area contributed by atoms with E-state index < -0.39 is 0 Å². The van der Waals surface area contributed by atoms with E-state index in [1.807, 2.05) is 28.9 Å². The topological polar surface area (TPSA) is 38.1 Å². The molecule has 3 heteroatoms. The van der Waals surface area contributed by atoms with Gasteiger partial charge in [0.05, 0.1) is 5.69 Å². The summed E-state index contributed by atoms with van der Waals surface area (Å²) in [5.74, 6) is 0.257. The zero-order chi connectivity index (χ0) is 17.5. The van der Waals surface area contributed by atoms with Gasteiger partial charge in [-0.1, -0.05) is 62.7 Å². The van der Waals surface area contributed by atoms with Gasteiger partial charge < -0.3 is 5.11 Å². The summed E-state index contributed by atoms with van der Waals surface area (Å²) in [4.78, 5) is 0. The van der Waals surface area contributed by atoms with E-state index in [0.29, 0.717) is 5.69 Å². The molecule has 24 heavy (non-hydrogen) atoms. The molecule has 0 aliphatic heterocycles. The molecule has 0 atom stereocenters. The third-order valence-electron chi connectivity index (χ3n) is 4.14. The molecule has 2 aromatic carbocycles. The summed E-state index contributed by atoms with van der Waals surface area (Å²) in [7, 11) is 0. The van der Waals surface area contributed by atoms with Crippen molar-refractivity contribution in [3.63, 3.8) is 0 Å². The Balaban J connectivity index is 2.29. The van der Waals surface area contributed by atoms with Crippen LogP contribution in [0.2, 0.25) is 0 Å². The first-order valence-electron chi connectivity index (χ1n) is 8.24. The number of benzene rings is 2. The van der Waals surface area contributed by atoms with Gasteiger partial charge in [-0.25, -0.2) is 4.68 Å². The zero-order valence-electron chi connectivity index (χ0n) is 15.0. The monoisotopic (exact) mass is 320 g/mol. The lowest BCUT2D eigenvalue weighted by Gasteiger charge is -2.15. The molecular weight excluding hydrogens is 296 g/mol. The van der Waals surface area contributed by atoms with Crippen LogP contribution < -0.4 is 0 Å². The number of hydrogen-bond donors (Lipinski definition) is 1. The van der Waals surface area contributed by atoms with Crippen LogP contribution in [-0.4, -0.2) is 14.9 Å². The Labute approximate surface area is 143 Å². The predicted octanol–water partition coefficient (Wildman–Crippen LogP) is 5.16. The molecule has 1 aromatic heterocycles. The lowest BCUT2D eigenvalue weighted by atomic mass is 9.91. The highest BCUT2D eigenvalue weighted by Crippen LogP contribution is 2.39. The van der Waals surface area contributed by atoms with E-state index in [1.54, 1.807) is 0 Å². The first-order valence-corrected chi connectivity index (χ1v) is 8.24. The van der Waals surface area contributed by atoms with Gasteiger partial charge in [0.15, 0.2) is 5.75 Å². The number of aromatic nitrogens is 2. The Morgan fingerprint density at radius 3 is 2.17 bits per heavy atom. The second-order valence-corrected chi connectivity index (χ2v) is 7.41. The largest absolute Gasteiger partial charge is 0.504 e. The molecule has 0 spiro atoms. The summed E-state index contributed by atoms with van der Waals surface area (Å²) in [6, 6.07) is 16.3. The summed E-state index contributed by atoms with van der Waals surface area (Å²) in [6.45, 7) is 10.3. The summed E-state index contributed by atoms with van der Waals surface area (Å²) in [5, 5.41) is 15.7. The molecule has 0 fully saturated rings. The Bertz CT molecular complexity index is 868. The summed E-state index contributed by atoms with van der Waals surface area (Å²) in [5.41, 5.74) is 5.48. The smallest absolute Gasteiger partial charge is 0.166 e. The molecule has 3 nitrogen and oxygen atoms in total. The number of hydrogen-bond acceptors (Lipinski definition) is 2. The fourth-order valence-corrected chi connectivity index (χ4v) is 2.83. The maximum Gasteiger partial charge on any atom is 0.166 e. The number of aromatic hydroxyl groups is 1. The van der Waals surface area contributed by atoms with Crippen LogP contribution in [0.5, 0.6) is 5.75 Å². The average Bonchev–Trinajstić information content (AvgIpc) is 2.86. The lowest BCUT2D eigenvalue weighted by Crippen LogP contribution is -2.13. The number of nitrogens with zero attached hydrogens (tertiary/aromatic N) is 2. The van der Waals surface area contributed by atoms with E-state index in [2.05, 4.69) is 58.9 Å². The minimum Gasteiger partial charge on any atom is -0.504 e. The molecule has 0 amide bonds. The molecule has 0 bridgehead atoms. The van der Waals surface area contributed by atoms with Gasteiger partial charge in [0.1, 0.15) is 11.4 Å². The van der Waals surface area contributed by atoms with Crippen molar-refractivity contribution in [2.75, 3.05) is 0 Å². The molecule has 1 N–H and O–H groups in total. The summed E-state index contributed by atoms with van der Waals surface area (Å²) in [6.07, 6.45) is 0. The van der Waals surface area contributed by atoms with Crippen LogP contribution in [-0.2, 0) is 5.41 Å². The SMILES string of the molecule is Cc1ccc(-c2c(O)c(C(C)(C)C)nn2-c2cccc(C)c2)cc1. The Kier molecular flexibility index (Phi) is 3.96. The van der Waals surface area contributed by atoms with Gasteiger partial charge in [0.2, 0.25) is 0 Å². The fourth-order valence-electron chi connectivity index (χ4n) is 2.83. The van der Waals surface area contributed by atoms with Gasteiger partial charge in [-0.2, -0.15) is 5.10 Å². The standard InChI is InChI=1S/C21H24N2O/c1-14-9-11-16(12-10-14)18-19(24)20(21(3,4)5)22-23(18)17-8-6-7-15(2)13-17/h6-13,24H,1-5H3. The van der Waals surface area contributed by atoms with Crippen LogP contribution in [0.1, 0.15) is 37.6 Å². The molecule has 0 aliphatic carbocycles. The van der Waals surface area contributed by atoms with Crippen molar-refractivity contribution in [1.29, 1.82) is 0 Å². The van der Waals surface area contributed by atoms with Crippen molar-refractivity contribution in [2.45, 2.75) is 40.0 Å². The maximum atomic E-state index is 10.9. The van der Waals surface area contributed by atoms with E-state index in [9.17, 15) is 5.11 Å². The van der Waals surface area contributed by atoms with Gasteiger partial charge in [-0.05, 0) is 31.5 Å². The van der Waals surface area contributed by atoms with Gasteiger partial charge in [-0.3, -0.25) is 0 Å². The van der Waals surface area contributed by atoms with Crippen LogP contribution in [0.25, 0.3) is 16.9 Å². The molecule has 1 heterocycles. The van der Waals surface area contributed by atoms with Gasteiger partial charge in [0.25, 0.3) is 0 Å². The lowest BCUT2D eigenvalue weighted by molar-refractivity contribution is 0.445.